The second-order valence-corrected chi connectivity index (χ2v) is 6.62. The van der Waals surface area contributed by atoms with Gasteiger partial charge < -0.3 is 9.84 Å². The number of rotatable bonds is 6. The summed E-state index contributed by atoms with van der Waals surface area (Å²) in [5.41, 5.74) is 1.46. The molecule has 21 heavy (non-hydrogen) atoms. The molecular weight excluding hydrogens is 290 g/mol. The largest absolute Gasteiger partial charge is 0.384 e. The third-order valence-corrected chi connectivity index (χ3v) is 4.30. The Bertz CT molecular complexity index is 629. The molecule has 116 valence electrons. The van der Waals surface area contributed by atoms with Crippen LogP contribution in [0.25, 0.3) is 0 Å². The summed E-state index contributed by atoms with van der Waals surface area (Å²) in [4.78, 5) is 0.208. The van der Waals surface area contributed by atoms with Gasteiger partial charge in [0.1, 0.15) is 6.61 Å². The van der Waals surface area contributed by atoms with Crippen molar-refractivity contribution < 1.29 is 18.3 Å². The summed E-state index contributed by atoms with van der Waals surface area (Å²) in [5, 5.41) is 8.68. The average molecular weight is 311 g/mol. The first-order chi connectivity index (χ1) is 9.90. The van der Waals surface area contributed by atoms with E-state index in [4.69, 9.17) is 9.84 Å². The highest BCUT2D eigenvalue weighted by Crippen LogP contribution is 2.15. The monoisotopic (exact) mass is 311 g/mol. The third kappa shape index (κ3) is 5.48. The molecule has 1 aromatic carbocycles. The first-order valence-electron chi connectivity index (χ1n) is 6.59. The second-order valence-electron chi connectivity index (χ2n) is 4.85. The van der Waals surface area contributed by atoms with Gasteiger partial charge in [0.15, 0.2) is 0 Å². The lowest BCUT2D eigenvalue weighted by molar-refractivity contribution is 0.161. The number of sulfonamides is 1. The van der Waals surface area contributed by atoms with Crippen LogP contribution < -0.4 is 4.72 Å². The molecule has 0 saturated heterocycles. The maximum atomic E-state index is 12.2. The molecule has 0 aliphatic carbocycles. The minimum atomic E-state index is -3.54. The van der Waals surface area contributed by atoms with Gasteiger partial charge in [-0.05, 0) is 36.6 Å². The van der Waals surface area contributed by atoms with E-state index in [9.17, 15) is 8.42 Å². The third-order valence-electron chi connectivity index (χ3n) is 2.88. The molecule has 1 unspecified atom stereocenters. The molecule has 0 fully saturated rings. The van der Waals surface area contributed by atoms with E-state index in [-0.39, 0.29) is 17.4 Å². The Balaban J connectivity index is 2.87. The van der Waals surface area contributed by atoms with Crippen molar-refractivity contribution in [2.45, 2.75) is 18.7 Å². The summed E-state index contributed by atoms with van der Waals surface area (Å²) in [6.07, 6.45) is 0. The summed E-state index contributed by atoms with van der Waals surface area (Å²) in [6, 6.07) is 4.73. The Morgan fingerprint density at radius 2 is 2.14 bits per heavy atom. The standard InChI is InChI=1S/C15H21NO4S/c1-12(11-20-3)10-16-21(18,19)15-7-6-14(5-4-8-17)13(2)9-15/h6-7,9,12,16-17H,8,10-11H2,1-3H3. The highest BCUT2D eigenvalue weighted by atomic mass is 32.2. The molecule has 0 heterocycles. The first kappa shape index (κ1) is 17.7. The fraction of sp³-hybridized carbons (Fsp3) is 0.467. The van der Waals surface area contributed by atoms with Gasteiger partial charge in [-0.25, -0.2) is 13.1 Å². The Hall–Kier alpha value is -1.39. The van der Waals surface area contributed by atoms with Crippen molar-refractivity contribution in [3.63, 3.8) is 0 Å². The predicted molar refractivity (Wildman–Crippen MR) is 81.4 cm³/mol. The summed E-state index contributed by atoms with van der Waals surface area (Å²) in [7, 11) is -1.95. The minimum Gasteiger partial charge on any atom is -0.384 e. The van der Waals surface area contributed by atoms with Gasteiger partial charge in [0, 0.05) is 25.8 Å². The molecular formula is C15H21NO4S. The second kappa shape index (κ2) is 8.15. The van der Waals surface area contributed by atoms with Crippen LogP contribution in [0.2, 0.25) is 0 Å². The van der Waals surface area contributed by atoms with Crippen LogP contribution in [0.15, 0.2) is 23.1 Å². The van der Waals surface area contributed by atoms with Gasteiger partial charge in [-0.15, -0.1) is 0 Å². The number of methoxy groups -OCH3 is 1. The van der Waals surface area contributed by atoms with Gasteiger partial charge in [-0.1, -0.05) is 18.8 Å². The highest BCUT2D eigenvalue weighted by molar-refractivity contribution is 7.89. The van der Waals surface area contributed by atoms with Gasteiger partial charge >= 0.3 is 0 Å². The lowest BCUT2D eigenvalue weighted by Crippen LogP contribution is -2.30. The van der Waals surface area contributed by atoms with E-state index in [0.29, 0.717) is 18.7 Å². The van der Waals surface area contributed by atoms with E-state index in [1.165, 1.54) is 6.07 Å². The topological polar surface area (TPSA) is 75.6 Å². The van der Waals surface area contributed by atoms with Crippen LogP contribution in [0.1, 0.15) is 18.1 Å². The molecule has 0 bridgehead atoms. The first-order valence-corrected chi connectivity index (χ1v) is 8.08. The number of hydrogen-bond acceptors (Lipinski definition) is 4. The van der Waals surface area contributed by atoms with Crippen LogP contribution in [-0.4, -0.2) is 40.4 Å². The smallest absolute Gasteiger partial charge is 0.240 e. The number of aryl methyl sites for hydroxylation is 1. The van der Waals surface area contributed by atoms with Crippen molar-refractivity contribution in [1.82, 2.24) is 4.72 Å². The molecule has 1 rings (SSSR count). The fourth-order valence-electron chi connectivity index (χ4n) is 1.76. The van der Waals surface area contributed by atoms with Gasteiger partial charge in [-0.2, -0.15) is 0 Å². The number of benzene rings is 1. The molecule has 2 N–H and O–H groups in total. The van der Waals surface area contributed by atoms with Crippen molar-refractivity contribution in [3.05, 3.63) is 29.3 Å². The van der Waals surface area contributed by atoms with Gasteiger partial charge in [0.25, 0.3) is 0 Å². The van der Waals surface area contributed by atoms with Crippen molar-refractivity contribution in [1.29, 1.82) is 0 Å². The fourth-order valence-corrected chi connectivity index (χ4v) is 3.01. The molecule has 0 aliphatic rings. The van der Waals surface area contributed by atoms with Crippen LogP contribution in [0.4, 0.5) is 0 Å². The van der Waals surface area contributed by atoms with Gasteiger partial charge in [-0.3, -0.25) is 0 Å². The van der Waals surface area contributed by atoms with Crippen molar-refractivity contribution in [2.75, 3.05) is 26.9 Å². The molecule has 1 atom stereocenters. The Morgan fingerprint density at radius 1 is 1.43 bits per heavy atom. The van der Waals surface area contributed by atoms with Gasteiger partial charge in [0.2, 0.25) is 10.0 Å². The number of hydrogen-bond donors (Lipinski definition) is 2. The molecule has 0 aliphatic heterocycles. The van der Waals surface area contributed by atoms with Crippen LogP contribution in [0, 0.1) is 24.7 Å². The molecule has 0 amide bonds. The molecule has 6 heteroatoms. The highest BCUT2D eigenvalue weighted by Gasteiger charge is 2.15. The average Bonchev–Trinajstić information content (AvgIpc) is 2.44. The maximum Gasteiger partial charge on any atom is 0.240 e. The predicted octanol–water partition coefficient (Wildman–Crippen LogP) is 0.900. The Labute approximate surface area is 126 Å². The van der Waals surface area contributed by atoms with Crippen LogP contribution in [0.5, 0.6) is 0 Å². The normalized spacial score (nSPS) is 12.6. The van der Waals surface area contributed by atoms with E-state index in [1.54, 1.807) is 26.2 Å². The Kier molecular flexibility index (Phi) is 6.85. The lowest BCUT2D eigenvalue weighted by atomic mass is 10.1. The molecule has 0 saturated carbocycles. The van der Waals surface area contributed by atoms with E-state index in [0.717, 1.165) is 5.56 Å². The lowest BCUT2D eigenvalue weighted by Gasteiger charge is -2.12. The SMILES string of the molecule is COCC(C)CNS(=O)(=O)c1ccc(C#CCO)c(C)c1. The zero-order valence-corrected chi connectivity index (χ0v) is 13.3. The number of ether oxygens (including phenoxy) is 1. The quantitative estimate of drug-likeness (QED) is 0.765. The Morgan fingerprint density at radius 3 is 2.71 bits per heavy atom. The van der Waals surface area contributed by atoms with Crippen LogP contribution in [0.3, 0.4) is 0 Å². The number of aliphatic hydroxyl groups is 1. The summed E-state index contributed by atoms with van der Waals surface area (Å²) in [6.45, 7) is 4.29. The molecule has 0 radical (unpaired) electrons. The maximum absolute atomic E-state index is 12.2. The summed E-state index contributed by atoms with van der Waals surface area (Å²) < 4.78 is 31.9. The van der Waals surface area contributed by atoms with E-state index in [1.807, 2.05) is 6.92 Å². The van der Waals surface area contributed by atoms with Crippen molar-refractivity contribution in [3.8, 4) is 11.8 Å². The number of nitrogens with one attached hydrogen (secondary N) is 1. The van der Waals surface area contributed by atoms with Crippen LogP contribution >= 0.6 is 0 Å². The summed E-state index contributed by atoms with van der Waals surface area (Å²) >= 11 is 0. The number of aliphatic hydroxyl groups excluding tert-OH is 1. The molecule has 1 aromatic rings. The van der Waals surface area contributed by atoms with Gasteiger partial charge in [0.05, 0.1) is 4.90 Å². The molecule has 5 nitrogen and oxygen atoms in total. The molecule has 0 spiro atoms. The minimum absolute atomic E-state index is 0.0977. The van der Waals surface area contributed by atoms with Crippen molar-refractivity contribution in [2.24, 2.45) is 5.92 Å². The van der Waals surface area contributed by atoms with Crippen molar-refractivity contribution >= 4 is 10.0 Å². The van der Waals surface area contributed by atoms with Crippen LogP contribution in [-0.2, 0) is 14.8 Å². The zero-order valence-electron chi connectivity index (χ0n) is 12.5. The van der Waals surface area contributed by atoms with E-state index >= 15 is 0 Å². The summed E-state index contributed by atoms with van der Waals surface area (Å²) in [5.74, 6) is 5.42. The van der Waals surface area contributed by atoms with E-state index in [2.05, 4.69) is 16.6 Å². The zero-order chi connectivity index (χ0) is 15.9. The van der Waals surface area contributed by atoms with E-state index < -0.39 is 10.0 Å². The molecule has 0 aromatic heterocycles.